The molecule has 1 heterocycles. The monoisotopic (exact) mass is 494 g/mol. The minimum atomic E-state index is -4.55. The zero-order valence-corrected chi connectivity index (χ0v) is 19.6. The molecule has 0 saturated carbocycles. The molecule has 1 aliphatic rings. The molecule has 2 amide bonds. The number of esters is 1. The summed E-state index contributed by atoms with van der Waals surface area (Å²) in [4.78, 5) is 27.0. The van der Waals surface area contributed by atoms with Crippen molar-refractivity contribution in [2.45, 2.75) is 19.1 Å². The van der Waals surface area contributed by atoms with Crippen LogP contribution in [0.15, 0.2) is 53.7 Å². The van der Waals surface area contributed by atoms with E-state index in [0.717, 1.165) is 17.0 Å². The van der Waals surface area contributed by atoms with Crippen LogP contribution >= 0.6 is 0 Å². The number of nitrogens with one attached hydrogen (secondary N) is 1. The highest BCUT2D eigenvalue weighted by Gasteiger charge is 2.39. The molecule has 1 unspecified atom stereocenters. The second kappa shape index (κ2) is 10.6. The largest absolute Gasteiger partial charge is 0.493 e. The first-order valence-electron chi connectivity index (χ1n) is 10.6. The average molecular weight is 494 g/mol. The number of para-hydroxylation sites is 1. The van der Waals surface area contributed by atoms with Gasteiger partial charge in [-0.3, -0.25) is 4.90 Å². The fraction of sp³-hybridized carbons (Fsp3) is 0.333. The number of benzene rings is 2. The zero-order chi connectivity index (χ0) is 25.8. The van der Waals surface area contributed by atoms with Gasteiger partial charge >= 0.3 is 18.2 Å². The van der Waals surface area contributed by atoms with Crippen molar-refractivity contribution < 1.29 is 41.7 Å². The van der Waals surface area contributed by atoms with Crippen molar-refractivity contribution in [3.63, 3.8) is 0 Å². The summed E-state index contributed by atoms with van der Waals surface area (Å²) >= 11 is 0. The van der Waals surface area contributed by atoms with Gasteiger partial charge in [0, 0.05) is 12.6 Å². The predicted octanol–water partition coefficient (Wildman–Crippen LogP) is 4.31. The predicted molar refractivity (Wildman–Crippen MR) is 119 cm³/mol. The number of carbonyl (C=O) groups excluding carboxylic acids is 2. The number of alkyl halides is 3. The van der Waals surface area contributed by atoms with E-state index in [1.807, 2.05) is 0 Å². The van der Waals surface area contributed by atoms with Gasteiger partial charge in [0.15, 0.2) is 11.5 Å². The molecule has 1 N–H and O–H groups in total. The third-order valence-electron chi connectivity index (χ3n) is 5.35. The van der Waals surface area contributed by atoms with E-state index in [4.69, 9.17) is 18.9 Å². The number of carbonyl (C=O) groups is 2. The van der Waals surface area contributed by atoms with Gasteiger partial charge in [0.25, 0.3) is 0 Å². The quantitative estimate of drug-likeness (QED) is 0.551. The van der Waals surface area contributed by atoms with Gasteiger partial charge in [-0.1, -0.05) is 18.2 Å². The smallest absolute Gasteiger partial charge is 0.416 e. The van der Waals surface area contributed by atoms with Gasteiger partial charge in [0.05, 0.1) is 43.7 Å². The summed E-state index contributed by atoms with van der Waals surface area (Å²) in [6.07, 6.45) is -4.55. The summed E-state index contributed by atoms with van der Waals surface area (Å²) in [5.74, 6) is -0.129. The SMILES string of the molecule is CCOC(=O)C1=C(COc2cccc(C(F)(F)F)c2)N(C)C(=O)NC1c1cccc(OC)c1OC. The number of methoxy groups -OCH3 is 2. The Kier molecular flexibility index (Phi) is 7.78. The minimum absolute atomic E-state index is 0.0486. The molecule has 3 rings (SSSR count). The number of likely N-dealkylation sites (N-methyl/N-ethyl adjacent to an activating group) is 1. The summed E-state index contributed by atoms with van der Waals surface area (Å²) in [6, 6.07) is 7.75. The summed E-state index contributed by atoms with van der Waals surface area (Å²) in [5.41, 5.74) is -0.289. The maximum Gasteiger partial charge on any atom is 0.416 e. The number of halogens is 3. The average Bonchev–Trinajstić information content (AvgIpc) is 2.83. The Morgan fingerprint density at radius 1 is 1.11 bits per heavy atom. The molecule has 11 heteroatoms. The highest BCUT2D eigenvalue weighted by atomic mass is 19.4. The Morgan fingerprint density at radius 3 is 2.46 bits per heavy atom. The standard InChI is InChI=1S/C24H25F3N2O6/c1-5-34-22(30)19-17(13-35-15-9-6-8-14(12-15)24(25,26)27)29(2)23(31)28-20(19)16-10-7-11-18(32-3)21(16)33-4/h6-12,20H,5,13H2,1-4H3,(H,28,31). The van der Waals surface area contributed by atoms with Crippen LogP contribution in [-0.2, 0) is 15.7 Å². The first-order chi connectivity index (χ1) is 16.6. The first-order valence-corrected chi connectivity index (χ1v) is 10.6. The van der Waals surface area contributed by atoms with E-state index < -0.39 is 29.8 Å². The van der Waals surface area contributed by atoms with Crippen molar-refractivity contribution in [3.05, 3.63) is 64.9 Å². The highest BCUT2D eigenvalue weighted by Crippen LogP contribution is 2.40. The zero-order valence-electron chi connectivity index (χ0n) is 19.6. The third kappa shape index (κ3) is 5.44. The normalized spacial score (nSPS) is 16.0. The van der Waals surface area contributed by atoms with Gasteiger partial charge in [-0.2, -0.15) is 13.2 Å². The third-order valence-corrected chi connectivity index (χ3v) is 5.35. The Labute approximate surface area is 200 Å². The molecule has 0 spiro atoms. The Morgan fingerprint density at radius 2 is 1.83 bits per heavy atom. The molecule has 1 aliphatic heterocycles. The summed E-state index contributed by atoms with van der Waals surface area (Å²) in [5, 5.41) is 2.74. The lowest BCUT2D eigenvalue weighted by molar-refractivity contribution is -0.139. The number of urea groups is 1. The van der Waals surface area contributed by atoms with Crippen LogP contribution in [0.4, 0.5) is 18.0 Å². The maximum atomic E-state index is 13.1. The van der Waals surface area contributed by atoms with Crippen LogP contribution in [0.5, 0.6) is 17.2 Å². The van der Waals surface area contributed by atoms with Crippen LogP contribution in [0, 0.1) is 0 Å². The molecule has 0 bridgehead atoms. The van der Waals surface area contributed by atoms with Gasteiger partial charge < -0.3 is 24.3 Å². The maximum absolute atomic E-state index is 13.1. The topological polar surface area (TPSA) is 86.3 Å². The molecule has 1 atom stereocenters. The Hall–Kier alpha value is -3.89. The second-order valence-corrected chi connectivity index (χ2v) is 7.42. The lowest BCUT2D eigenvalue weighted by Gasteiger charge is -2.35. The summed E-state index contributed by atoms with van der Waals surface area (Å²) in [6.45, 7) is 1.31. The molecule has 8 nitrogen and oxygen atoms in total. The van der Waals surface area contributed by atoms with Gasteiger partial charge in [0.2, 0.25) is 0 Å². The Bertz CT molecular complexity index is 1130. The van der Waals surface area contributed by atoms with Crippen LogP contribution in [0.3, 0.4) is 0 Å². The summed E-state index contributed by atoms with van der Waals surface area (Å²) < 4.78 is 60.9. The van der Waals surface area contributed by atoms with Crippen LogP contribution in [0.1, 0.15) is 24.1 Å². The van der Waals surface area contributed by atoms with Crippen molar-refractivity contribution in [1.82, 2.24) is 10.2 Å². The van der Waals surface area contributed by atoms with Crippen molar-refractivity contribution in [1.29, 1.82) is 0 Å². The van der Waals surface area contributed by atoms with Crippen molar-refractivity contribution in [2.75, 3.05) is 34.5 Å². The van der Waals surface area contributed by atoms with E-state index in [9.17, 15) is 22.8 Å². The van der Waals surface area contributed by atoms with Crippen LogP contribution in [0.25, 0.3) is 0 Å². The molecule has 0 fully saturated rings. The number of rotatable bonds is 8. The molecule has 0 aromatic heterocycles. The van der Waals surface area contributed by atoms with Gasteiger partial charge in [-0.25, -0.2) is 9.59 Å². The fourth-order valence-corrected chi connectivity index (χ4v) is 3.67. The minimum Gasteiger partial charge on any atom is -0.493 e. The molecular formula is C24H25F3N2O6. The van der Waals surface area contributed by atoms with Gasteiger partial charge in [-0.15, -0.1) is 0 Å². The first kappa shape index (κ1) is 25.7. The van der Waals surface area contributed by atoms with Gasteiger partial charge in [-0.05, 0) is 31.2 Å². The number of hydrogen-bond donors (Lipinski definition) is 1. The van der Waals surface area contributed by atoms with Gasteiger partial charge in [0.1, 0.15) is 12.4 Å². The van der Waals surface area contributed by atoms with E-state index in [1.165, 1.54) is 33.4 Å². The molecule has 2 aromatic carbocycles. The molecule has 35 heavy (non-hydrogen) atoms. The molecule has 0 radical (unpaired) electrons. The van der Waals surface area contributed by atoms with E-state index in [0.29, 0.717) is 17.1 Å². The lowest BCUT2D eigenvalue weighted by atomic mass is 9.93. The fourth-order valence-electron chi connectivity index (χ4n) is 3.67. The van der Waals surface area contributed by atoms with E-state index >= 15 is 0 Å². The van der Waals surface area contributed by atoms with Crippen molar-refractivity contribution >= 4 is 12.0 Å². The van der Waals surface area contributed by atoms with Crippen molar-refractivity contribution in [2.24, 2.45) is 0 Å². The molecular weight excluding hydrogens is 469 g/mol. The second-order valence-electron chi connectivity index (χ2n) is 7.42. The van der Waals surface area contributed by atoms with Crippen LogP contribution in [0.2, 0.25) is 0 Å². The molecule has 188 valence electrons. The number of ether oxygens (including phenoxy) is 4. The van der Waals surface area contributed by atoms with E-state index in [-0.39, 0.29) is 30.2 Å². The van der Waals surface area contributed by atoms with Crippen LogP contribution < -0.4 is 19.5 Å². The van der Waals surface area contributed by atoms with Crippen molar-refractivity contribution in [3.8, 4) is 17.2 Å². The van der Waals surface area contributed by atoms with E-state index in [1.54, 1.807) is 25.1 Å². The summed E-state index contributed by atoms with van der Waals surface area (Å²) in [7, 11) is 4.28. The van der Waals surface area contributed by atoms with E-state index in [2.05, 4.69) is 5.32 Å². The number of hydrogen-bond acceptors (Lipinski definition) is 6. The number of nitrogens with zero attached hydrogens (tertiary/aromatic N) is 1. The molecule has 0 saturated heterocycles. The van der Waals surface area contributed by atoms with Crippen LogP contribution in [-0.4, -0.2) is 51.4 Å². The highest BCUT2D eigenvalue weighted by molar-refractivity contribution is 5.95. The Balaban J connectivity index is 2.09. The molecule has 2 aromatic rings. The lowest BCUT2D eigenvalue weighted by Crippen LogP contribution is -2.48. The number of amides is 2. The molecule has 0 aliphatic carbocycles.